The lowest BCUT2D eigenvalue weighted by Gasteiger charge is -2.21. The molecule has 0 heterocycles. The molecule has 0 spiro atoms. The van der Waals surface area contributed by atoms with E-state index in [2.05, 4.69) is 48.5 Å². The van der Waals surface area contributed by atoms with E-state index in [1.165, 1.54) is 199 Å². The van der Waals surface area contributed by atoms with E-state index in [1.54, 1.807) is 0 Å². The van der Waals surface area contributed by atoms with Gasteiger partial charge in [0, 0.05) is 25.7 Å². The summed E-state index contributed by atoms with van der Waals surface area (Å²) in [5, 5.41) is 10.6. The lowest BCUT2D eigenvalue weighted by atomic mass is 10.00. The molecule has 0 aromatic heterocycles. The minimum Gasteiger partial charge on any atom is -0.462 e. The van der Waals surface area contributed by atoms with Gasteiger partial charge in [-0.1, -0.05) is 344 Å². The molecule has 0 aromatic rings. The van der Waals surface area contributed by atoms with Gasteiger partial charge in [-0.3, -0.25) is 37.3 Å². The summed E-state index contributed by atoms with van der Waals surface area (Å²) in [6.45, 7) is 11.9. The van der Waals surface area contributed by atoms with Crippen molar-refractivity contribution in [3.8, 4) is 0 Å². The average Bonchev–Trinajstić information content (AvgIpc) is 1.44. The molecule has 0 radical (unpaired) electrons. The molecule has 570 valence electrons. The number of unbranched alkanes of at least 4 members (excludes halogenated alkanes) is 42. The maximum Gasteiger partial charge on any atom is 0.472 e. The molecule has 0 aliphatic heterocycles. The van der Waals surface area contributed by atoms with Crippen molar-refractivity contribution in [1.29, 1.82) is 0 Å². The van der Waals surface area contributed by atoms with E-state index in [1.807, 2.05) is 0 Å². The molecule has 6 atom stereocenters. The first-order valence-corrected chi connectivity index (χ1v) is 42.9. The van der Waals surface area contributed by atoms with E-state index >= 15 is 0 Å². The number of aliphatic hydroxyl groups excluding tert-OH is 1. The molecule has 3 unspecified atom stereocenters. The van der Waals surface area contributed by atoms with Crippen LogP contribution >= 0.6 is 15.6 Å². The maximum atomic E-state index is 13.1. The van der Waals surface area contributed by atoms with Gasteiger partial charge in [0.05, 0.1) is 26.4 Å². The normalized spacial score (nSPS) is 14.3. The van der Waals surface area contributed by atoms with Gasteiger partial charge in [0.1, 0.15) is 19.3 Å². The molecular weight excluding hydrogens is 1260 g/mol. The molecule has 0 rings (SSSR count). The summed E-state index contributed by atoms with van der Waals surface area (Å²) < 4.78 is 68.6. The number of esters is 4. The molecule has 0 saturated heterocycles. The molecule has 0 aliphatic rings. The van der Waals surface area contributed by atoms with Gasteiger partial charge in [0.15, 0.2) is 12.2 Å². The van der Waals surface area contributed by atoms with E-state index in [-0.39, 0.29) is 25.7 Å². The van der Waals surface area contributed by atoms with Gasteiger partial charge in [-0.25, -0.2) is 9.13 Å². The zero-order chi connectivity index (χ0) is 70.9. The second-order valence-corrected chi connectivity index (χ2v) is 31.8. The molecule has 0 aromatic carbocycles. The second kappa shape index (κ2) is 67.5. The van der Waals surface area contributed by atoms with Gasteiger partial charge in [-0.05, 0) is 43.4 Å². The summed E-state index contributed by atoms with van der Waals surface area (Å²) in [5.74, 6) is 0.175. The van der Waals surface area contributed by atoms with Crippen LogP contribution in [0.25, 0.3) is 0 Å². The topological polar surface area (TPSA) is 237 Å². The van der Waals surface area contributed by atoms with Gasteiger partial charge in [0.2, 0.25) is 0 Å². The van der Waals surface area contributed by atoms with E-state index in [0.717, 1.165) is 114 Å². The molecule has 0 fully saturated rings. The smallest absolute Gasteiger partial charge is 0.462 e. The van der Waals surface area contributed by atoms with Crippen molar-refractivity contribution < 1.29 is 80.2 Å². The first-order valence-electron chi connectivity index (χ1n) is 39.9. The molecule has 0 bridgehead atoms. The van der Waals surface area contributed by atoms with Gasteiger partial charge in [-0.15, -0.1) is 0 Å². The van der Waals surface area contributed by atoms with Crippen LogP contribution in [0.4, 0.5) is 0 Å². The number of carbonyl (C=O) groups excluding carboxylic acids is 4. The highest BCUT2D eigenvalue weighted by Gasteiger charge is 2.30. The fourth-order valence-electron chi connectivity index (χ4n) is 11.7. The fourth-order valence-corrected chi connectivity index (χ4v) is 13.3. The third-order valence-electron chi connectivity index (χ3n) is 18.2. The first-order chi connectivity index (χ1) is 46.3. The van der Waals surface area contributed by atoms with Crippen molar-refractivity contribution in [2.45, 2.75) is 414 Å². The molecule has 17 nitrogen and oxygen atoms in total. The van der Waals surface area contributed by atoms with Gasteiger partial charge >= 0.3 is 39.5 Å². The number of phosphoric ester groups is 2. The lowest BCUT2D eigenvalue weighted by molar-refractivity contribution is -0.161. The van der Waals surface area contributed by atoms with Crippen LogP contribution in [-0.2, 0) is 65.4 Å². The molecule has 19 heteroatoms. The van der Waals surface area contributed by atoms with Crippen LogP contribution in [0.2, 0.25) is 0 Å². The van der Waals surface area contributed by atoms with Crippen LogP contribution in [0.1, 0.15) is 395 Å². The Balaban J connectivity index is 5.26. The van der Waals surface area contributed by atoms with E-state index < -0.39 is 97.5 Å². The Hall–Kier alpha value is -1.94. The highest BCUT2D eigenvalue weighted by Crippen LogP contribution is 2.45. The van der Waals surface area contributed by atoms with Crippen molar-refractivity contribution in [2.24, 2.45) is 17.8 Å². The van der Waals surface area contributed by atoms with E-state index in [4.69, 9.17) is 37.0 Å². The number of aliphatic hydroxyl groups is 1. The number of carbonyl (C=O) groups is 4. The lowest BCUT2D eigenvalue weighted by Crippen LogP contribution is -2.30. The summed E-state index contributed by atoms with van der Waals surface area (Å²) in [6, 6.07) is 0. The molecule has 0 saturated carbocycles. The van der Waals surface area contributed by atoms with Crippen molar-refractivity contribution in [2.75, 3.05) is 39.6 Å². The van der Waals surface area contributed by atoms with Gasteiger partial charge in [0.25, 0.3) is 0 Å². The maximum absolute atomic E-state index is 13.1. The molecule has 0 amide bonds. The number of hydrogen-bond acceptors (Lipinski definition) is 15. The van der Waals surface area contributed by atoms with Gasteiger partial charge < -0.3 is 33.8 Å². The number of rotatable bonds is 75. The summed E-state index contributed by atoms with van der Waals surface area (Å²) >= 11 is 0. The van der Waals surface area contributed by atoms with Crippen LogP contribution < -0.4 is 0 Å². The predicted molar refractivity (Wildman–Crippen MR) is 391 cm³/mol. The summed E-state index contributed by atoms with van der Waals surface area (Å²) in [6.07, 6.45) is 54.0. The summed E-state index contributed by atoms with van der Waals surface area (Å²) in [7, 11) is -9.91. The van der Waals surface area contributed by atoms with Crippen molar-refractivity contribution in [1.82, 2.24) is 0 Å². The highest BCUT2D eigenvalue weighted by molar-refractivity contribution is 7.47. The van der Waals surface area contributed by atoms with Crippen molar-refractivity contribution in [3.05, 3.63) is 0 Å². The molecule has 3 N–H and O–H groups in total. The SMILES string of the molecule is CCCCCCCCCCCCCCCCCC(=O)OC[C@H](COP(=O)(O)OC[C@@H](O)COP(=O)(O)OC[C@@H](COC(=O)CCCCCCCCC(C)CC)OC(=O)CCCCCCCCCCCCCC(C)C)OC(=O)CCCCCCCCCCCCCCCCC(C)C. The molecule has 96 heavy (non-hydrogen) atoms. The number of hydrogen-bond donors (Lipinski definition) is 3. The predicted octanol–water partition coefficient (Wildman–Crippen LogP) is 22.6. The average molecular weight is 1410 g/mol. The molecular formula is C77H150O17P2. The fraction of sp³-hybridized carbons (Fsp3) is 0.948. The Bertz CT molecular complexity index is 1870. The van der Waals surface area contributed by atoms with Crippen LogP contribution in [0, 0.1) is 17.8 Å². The minimum absolute atomic E-state index is 0.105. The Labute approximate surface area is 588 Å². The van der Waals surface area contributed by atoms with Gasteiger partial charge in [-0.2, -0.15) is 0 Å². The number of phosphoric acid groups is 2. The monoisotopic (exact) mass is 1410 g/mol. The molecule has 0 aliphatic carbocycles. The quantitative estimate of drug-likeness (QED) is 0.0222. The Morgan fingerprint density at radius 1 is 0.302 bits per heavy atom. The van der Waals surface area contributed by atoms with Crippen LogP contribution in [0.5, 0.6) is 0 Å². The Morgan fingerprint density at radius 3 is 0.792 bits per heavy atom. The zero-order valence-corrected chi connectivity index (χ0v) is 64.6. The third-order valence-corrected chi connectivity index (χ3v) is 20.1. The van der Waals surface area contributed by atoms with Crippen LogP contribution in [0.3, 0.4) is 0 Å². The third kappa shape index (κ3) is 69.2. The minimum atomic E-state index is -4.96. The van der Waals surface area contributed by atoms with Crippen LogP contribution in [0.15, 0.2) is 0 Å². The standard InChI is InChI=1S/C77H150O17P2/c1-8-10-11-12-13-14-15-16-17-21-26-31-36-44-51-58-74(79)87-64-72(93-76(81)60-53-46-37-32-27-22-19-18-20-24-29-34-41-48-55-68(3)4)66-91-95(83,84)89-62-71(78)63-90-96(85,86)92-67-73(65-88-75(80)59-52-45-40-39-43-50-57-70(7)9-2)94-77(82)61-54-47-38-33-28-23-25-30-35-42-49-56-69(5)6/h68-73,78H,8-67H2,1-7H3,(H,83,84)(H,85,86)/t70?,71-,72-,73-/m1/s1. The Kier molecular flexibility index (Phi) is 66.2. The van der Waals surface area contributed by atoms with Crippen molar-refractivity contribution in [3.63, 3.8) is 0 Å². The first kappa shape index (κ1) is 94.1. The van der Waals surface area contributed by atoms with Crippen LogP contribution in [-0.4, -0.2) is 96.7 Å². The largest absolute Gasteiger partial charge is 0.472 e. The van der Waals surface area contributed by atoms with Crippen molar-refractivity contribution >= 4 is 39.5 Å². The Morgan fingerprint density at radius 2 is 0.531 bits per heavy atom. The van der Waals surface area contributed by atoms with E-state index in [9.17, 15) is 43.2 Å². The summed E-state index contributed by atoms with van der Waals surface area (Å²) in [5.41, 5.74) is 0. The second-order valence-electron chi connectivity index (χ2n) is 28.9. The zero-order valence-electron chi connectivity index (χ0n) is 62.8. The highest BCUT2D eigenvalue weighted by atomic mass is 31.2. The van der Waals surface area contributed by atoms with E-state index in [0.29, 0.717) is 25.7 Å². The summed E-state index contributed by atoms with van der Waals surface area (Å²) in [4.78, 5) is 72.9. The number of ether oxygens (including phenoxy) is 4.